The van der Waals surface area contributed by atoms with Gasteiger partial charge in [-0.25, -0.2) is 4.79 Å². The molecule has 3 amide bonds. The van der Waals surface area contributed by atoms with E-state index in [-0.39, 0.29) is 5.91 Å². The molecular formula is C10H11N3O2. The number of urea groups is 1. The fourth-order valence-corrected chi connectivity index (χ4v) is 1.56. The predicted molar refractivity (Wildman–Crippen MR) is 55.0 cm³/mol. The van der Waals surface area contributed by atoms with Crippen molar-refractivity contribution in [1.82, 2.24) is 10.6 Å². The third-order valence-corrected chi connectivity index (χ3v) is 2.25. The van der Waals surface area contributed by atoms with E-state index in [1.807, 2.05) is 12.1 Å². The molecule has 0 saturated carbocycles. The molecule has 0 aliphatic carbocycles. The number of amides is 3. The molecule has 5 heteroatoms. The van der Waals surface area contributed by atoms with E-state index in [0.29, 0.717) is 12.1 Å². The van der Waals surface area contributed by atoms with Crippen LogP contribution in [0.1, 0.15) is 5.56 Å². The fraction of sp³-hybridized carbons (Fsp3) is 0.200. The van der Waals surface area contributed by atoms with E-state index in [4.69, 9.17) is 5.73 Å². The van der Waals surface area contributed by atoms with Crippen LogP contribution in [0.15, 0.2) is 24.3 Å². The quantitative estimate of drug-likeness (QED) is 0.470. The highest BCUT2D eigenvalue weighted by molar-refractivity contribution is 6.04. The van der Waals surface area contributed by atoms with Gasteiger partial charge in [-0.3, -0.25) is 10.1 Å². The fourth-order valence-electron chi connectivity index (χ4n) is 1.56. The van der Waals surface area contributed by atoms with Crippen LogP contribution < -0.4 is 16.4 Å². The summed E-state index contributed by atoms with van der Waals surface area (Å²) < 4.78 is 0. The highest BCUT2D eigenvalue weighted by Gasteiger charge is 2.29. The van der Waals surface area contributed by atoms with Gasteiger partial charge >= 0.3 is 6.03 Å². The number of imide groups is 1. The lowest BCUT2D eigenvalue weighted by molar-refractivity contribution is -0.120. The molecule has 1 saturated heterocycles. The van der Waals surface area contributed by atoms with Gasteiger partial charge in [0, 0.05) is 12.1 Å². The van der Waals surface area contributed by atoms with Crippen LogP contribution >= 0.6 is 0 Å². The Kier molecular flexibility index (Phi) is 2.29. The number of rotatable bonds is 2. The molecule has 2 rings (SSSR count). The van der Waals surface area contributed by atoms with Crippen LogP contribution in [0.25, 0.3) is 0 Å². The zero-order chi connectivity index (χ0) is 10.8. The Morgan fingerprint density at radius 3 is 2.73 bits per heavy atom. The summed E-state index contributed by atoms with van der Waals surface area (Å²) in [5, 5.41) is 4.71. The Morgan fingerprint density at radius 1 is 1.33 bits per heavy atom. The molecule has 0 radical (unpaired) electrons. The van der Waals surface area contributed by atoms with Crippen LogP contribution in [0, 0.1) is 0 Å². The minimum atomic E-state index is -0.487. The van der Waals surface area contributed by atoms with Crippen LogP contribution in [0.3, 0.4) is 0 Å². The number of hydrogen-bond acceptors (Lipinski definition) is 3. The van der Waals surface area contributed by atoms with E-state index < -0.39 is 12.1 Å². The Labute approximate surface area is 86.6 Å². The van der Waals surface area contributed by atoms with Gasteiger partial charge in [0.2, 0.25) is 0 Å². The summed E-state index contributed by atoms with van der Waals surface area (Å²) in [6.45, 7) is 0. The predicted octanol–water partition coefficient (Wildman–Crippen LogP) is 0.0193. The number of hydrogen-bond donors (Lipinski definition) is 3. The Balaban J connectivity index is 2.09. The van der Waals surface area contributed by atoms with Crippen LogP contribution in [-0.2, 0) is 11.2 Å². The van der Waals surface area contributed by atoms with Crippen molar-refractivity contribution in [3.63, 3.8) is 0 Å². The molecule has 0 aromatic heterocycles. The lowest BCUT2D eigenvalue weighted by atomic mass is 10.1. The maximum Gasteiger partial charge on any atom is 0.322 e. The maximum absolute atomic E-state index is 11.2. The molecule has 1 aliphatic heterocycles. The van der Waals surface area contributed by atoms with Crippen molar-refractivity contribution in [3.05, 3.63) is 29.8 Å². The largest absolute Gasteiger partial charge is 0.399 e. The highest BCUT2D eigenvalue weighted by Crippen LogP contribution is 2.10. The standard InChI is InChI=1S/C10H11N3O2/c11-7-3-1-2-6(4-7)5-8-9(14)13-10(15)12-8/h1-4,8H,5,11H2,(H2,12,13,14,15). The van der Waals surface area contributed by atoms with Gasteiger partial charge in [-0.1, -0.05) is 12.1 Å². The summed E-state index contributed by atoms with van der Waals surface area (Å²) in [7, 11) is 0. The van der Waals surface area contributed by atoms with Crippen LogP contribution in [0.5, 0.6) is 0 Å². The first kappa shape index (κ1) is 9.51. The average Bonchev–Trinajstić information content (AvgIpc) is 2.45. The van der Waals surface area contributed by atoms with Crippen molar-refractivity contribution in [2.75, 3.05) is 5.73 Å². The first-order valence-corrected chi connectivity index (χ1v) is 4.61. The molecule has 1 unspecified atom stereocenters. The van der Waals surface area contributed by atoms with E-state index >= 15 is 0 Å². The zero-order valence-corrected chi connectivity index (χ0v) is 7.99. The summed E-state index contributed by atoms with van der Waals surface area (Å²) in [6.07, 6.45) is 0.461. The van der Waals surface area contributed by atoms with Crippen molar-refractivity contribution in [2.45, 2.75) is 12.5 Å². The third kappa shape index (κ3) is 2.07. The number of nitrogens with two attached hydrogens (primary N) is 1. The lowest BCUT2D eigenvalue weighted by Gasteiger charge is -2.07. The number of nitrogens with one attached hydrogen (secondary N) is 2. The Bertz CT molecular complexity index is 417. The van der Waals surface area contributed by atoms with E-state index in [9.17, 15) is 9.59 Å². The van der Waals surface area contributed by atoms with Gasteiger partial charge in [0.15, 0.2) is 0 Å². The normalized spacial score (nSPS) is 19.9. The van der Waals surface area contributed by atoms with E-state index in [0.717, 1.165) is 5.56 Å². The second kappa shape index (κ2) is 3.61. The molecule has 4 N–H and O–H groups in total. The minimum Gasteiger partial charge on any atom is -0.399 e. The van der Waals surface area contributed by atoms with Crippen molar-refractivity contribution in [3.8, 4) is 0 Å². The SMILES string of the molecule is Nc1cccc(CC2NC(=O)NC2=O)c1. The van der Waals surface area contributed by atoms with Gasteiger partial charge in [-0.15, -0.1) is 0 Å². The van der Waals surface area contributed by atoms with Gasteiger partial charge in [-0.2, -0.15) is 0 Å². The smallest absolute Gasteiger partial charge is 0.322 e. The molecule has 0 bridgehead atoms. The first-order valence-electron chi connectivity index (χ1n) is 4.61. The summed E-state index contributed by atoms with van der Waals surface area (Å²) in [6, 6.07) is 6.33. The topological polar surface area (TPSA) is 84.2 Å². The zero-order valence-electron chi connectivity index (χ0n) is 7.99. The molecule has 1 aliphatic rings. The van der Waals surface area contributed by atoms with Crippen molar-refractivity contribution in [2.24, 2.45) is 0 Å². The molecule has 1 aromatic carbocycles. The van der Waals surface area contributed by atoms with Gasteiger partial charge in [0.25, 0.3) is 5.91 Å². The van der Waals surface area contributed by atoms with E-state index in [2.05, 4.69) is 10.6 Å². The molecule has 1 atom stereocenters. The molecule has 1 heterocycles. The minimum absolute atomic E-state index is 0.289. The van der Waals surface area contributed by atoms with Crippen molar-refractivity contribution in [1.29, 1.82) is 0 Å². The van der Waals surface area contributed by atoms with E-state index in [1.165, 1.54) is 0 Å². The molecule has 0 spiro atoms. The maximum atomic E-state index is 11.2. The molecule has 78 valence electrons. The molecule has 1 aromatic rings. The van der Waals surface area contributed by atoms with E-state index in [1.54, 1.807) is 12.1 Å². The highest BCUT2D eigenvalue weighted by atomic mass is 16.2. The van der Waals surface area contributed by atoms with Gasteiger partial charge in [-0.05, 0) is 17.7 Å². The monoisotopic (exact) mass is 205 g/mol. The number of carbonyl (C=O) groups is 2. The van der Waals surface area contributed by atoms with Gasteiger partial charge in [0.05, 0.1) is 0 Å². The first-order chi connectivity index (χ1) is 7.15. The van der Waals surface area contributed by atoms with Crippen LogP contribution in [-0.4, -0.2) is 18.0 Å². The van der Waals surface area contributed by atoms with Gasteiger partial charge < -0.3 is 11.1 Å². The Morgan fingerprint density at radius 2 is 2.13 bits per heavy atom. The Hall–Kier alpha value is -2.04. The second-order valence-corrected chi connectivity index (χ2v) is 3.46. The lowest BCUT2D eigenvalue weighted by Crippen LogP contribution is -2.31. The number of benzene rings is 1. The number of anilines is 1. The summed E-state index contributed by atoms with van der Waals surface area (Å²) >= 11 is 0. The molecule has 1 fully saturated rings. The van der Waals surface area contributed by atoms with Gasteiger partial charge in [0.1, 0.15) is 6.04 Å². The third-order valence-electron chi connectivity index (χ3n) is 2.25. The summed E-state index contributed by atoms with van der Waals surface area (Å²) in [5.74, 6) is -0.289. The second-order valence-electron chi connectivity index (χ2n) is 3.46. The molecular weight excluding hydrogens is 194 g/mol. The number of carbonyl (C=O) groups excluding carboxylic acids is 2. The molecule has 5 nitrogen and oxygen atoms in total. The van der Waals surface area contributed by atoms with Crippen molar-refractivity contribution < 1.29 is 9.59 Å². The van der Waals surface area contributed by atoms with Crippen LogP contribution in [0.4, 0.5) is 10.5 Å². The molecule has 15 heavy (non-hydrogen) atoms. The summed E-state index contributed by atoms with van der Waals surface area (Å²) in [5.41, 5.74) is 7.19. The average molecular weight is 205 g/mol. The summed E-state index contributed by atoms with van der Waals surface area (Å²) in [4.78, 5) is 22.1. The van der Waals surface area contributed by atoms with Crippen molar-refractivity contribution >= 4 is 17.6 Å². The van der Waals surface area contributed by atoms with Crippen LogP contribution in [0.2, 0.25) is 0 Å². The number of nitrogen functional groups attached to an aromatic ring is 1.